The molecule has 3 N–H and O–H groups in total. The van der Waals surface area contributed by atoms with Crippen LogP contribution in [0.15, 0.2) is 49.1 Å². The average Bonchev–Trinajstić information content (AvgIpc) is 3.25. The molecule has 0 aliphatic heterocycles. The number of hydrogen-bond donors (Lipinski definition) is 3. The number of aliphatic hydroxyl groups excluding tert-OH is 1. The summed E-state index contributed by atoms with van der Waals surface area (Å²) in [6.45, 7) is 0.214. The van der Waals surface area contributed by atoms with E-state index in [4.69, 9.17) is 0 Å². The first-order valence-corrected chi connectivity index (χ1v) is 7.18. The van der Waals surface area contributed by atoms with Gasteiger partial charge in [0.05, 0.1) is 12.2 Å². The topological polar surface area (TPSA) is 134 Å². The van der Waals surface area contributed by atoms with E-state index in [-0.39, 0.29) is 29.4 Å². The summed E-state index contributed by atoms with van der Waals surface area (Å²) in [5, 5.41) is 25.4. The molecule has 3 heterocycles. The first-order chi connectivity index (χ1) is 12.0. The molecule has 0 aromatic carbocycles. The van der Waals surface area contributed by atoms with Gasteiger partial charge in [-0.15, -0.1) is 0 Å². The third kappa shape index (κ3) is 3.61. The molecule has 0 aliphatic carbocycles. The van der Waals surface area contributed by atoms with Gasteiger partial charge < -0.3 is 14.8 Å². The van der Waals surface area contributed by atoms with Crippen LogP contribution in [0.2, 0.25) is 0 Å². The van der Waals surface area contributed by atoms with Gasteiger partial charge in [-0.25, -0.2) is 9.78 Å². The van der Waals surface area contributed by atoms with Crippen LogP contribution < -0.4 is 0 Å². The molecule has 0 radical (unpaired) electrons. The Morgan fingerprint density at radius 1 is 1.24 bits per heavy atom. The van der Waals surface area contributed by atoms with E-state index in [1.165, 1.54) is 23.2 Å². The van der Waals surface area contributed by atoms with Gasteiger partial charge in [0, 0.05) is 24.0 Å². The highest BCUT2D eigenvalue weighted by Gasteiger charge is 2.16. The summed E-state index contributed by atoms with van der Waals surface area (Å²) in [4.78, 5) is 31.2. The van der Waals surface area contributed by atoms with Crippen molar-refractivity contribution < 1.29 is 19.8 Å². The maximum atomic E-state index is 11.9. The van der Waals surface area contributed by atoms with Crippen molar-refractivity contribution >= 4 is 17.5 Å². The number of hydrogen-bond acceptors (Lipinski definition) is 6. The van der Waals surface area contributed by atoms with Crippen LogP contribution in [0.1, 0.15) is 32.4 Å². The minimum Gasteiger partial charge on any atom is -0.507 e. The summed E-state index contributed by atoms with van der Waals surface area (Å²) in [6, 6.07) is 6.59. The molecule has 0 atom stereocenters. The highest BCUT2D eigenvalue weighted by atomic mass is 16.4. The molecule has 9 heteroatoms. The molecular formula is C16H13N5O4. The second-order valence-corrected chi connectivity index (χ2v) is 5.10. The van der Waals surface area contributed by atoms with Gasteiger partial charge in [-0.3, -0.25) is 14.9 Å². The Bertz CT molecular complexity index is 929. The fourth-order valence-electron chi connectivity index (χ4n) is 2.23. The maximum absolute atomic E-state index is 11.9. The Balaban J connectivity index is 1.90. The number of allylic oxidation sites excluding steroid dienone is 1. The van der Waals surface area contributed by atoms with Gasteiger partial charge in [0.1, 0.15) is 17.8 Å². The van der Waals surface area contributed by atoms with Crippen molar-refractivity contribution in [2.75, 3.05) is 0 Å². The molecule has 0 fully saturated rings. The van der Waals surface area contributed by atoms with Gasteiger partial charge in [0.2, 0.25) is 5.78 Å². The zero-order valence-electron chi connectivity index (χ0n) is 12.8. The summed E-state index contributed by atoms with van der Waals surface area (Å²) < 4.78 is 1.43. The number of aliphatic hydroxyl groups is 1. The minimum absolute atomic E-state index is 0.0297. The first-order valence-electron chi connectivity index (χ1n) is 7.18. The van der Waals surface area contributed by atoms with Crippen LogP contribution in [-0.2, 0) is 6.54 Å². The summed E-state index contributed by atoms with van der Waals surface area (Å²) in [5.74, 6) is -2.14. The Kier molecular flexibility index (Phi) is 4.38. The fourth-order valence-corrected chi connectivity index (χ4v) is 2.23. The predicted molar refractivity (Wildman–Crippen MR) is 86.0 cm³/mol. The smallest absolute Gasteiger partial charge is 0.352 e. The summed E-state index contributed by atoms with van der Waals surface area (Å²) >= 11 is 0. The molecule has 0 saturated heterocycles. The lowest BCUT2D eigenvalue weighted by Gasteiger charge is -2.05. The molecule has 3 aromatic rings. The number of nitrogens with zero attached hydrogens (tertiary/aromatic N) is 4. The molecule has 0 unspecified atom stereocenters. The highest BCUT2D eigenvalue weighted by molar-refractivity contribution is 6.05. The van der Waals surface area contributed by atoms with Crippen molar-refractivity contribution in [2.45, 2.75) is 6.54 Å². The molecule has 0 aliphatic rings. The second kappa shape index (κ2) is 6.79. The third-order valence-electron chi connectivity index (χ3n) is 3.39. The van der Waals surface area contributed by atoms with Crippen molar-refractivity contribution in [3.63, 3.8) is 0 Å². The van der Waals surface area contributed by atoms with Crippen molar-refractivity contribution in [3.05, 3.63) is 71.8 Å². The maximum Gasteiger partial charge on any atom is 0.352 e. The molecular weight excluding hydrogens is 326 g/mol. The van der Waals surface area contributed by atoms with Gasteiger partial charge in [-0.2, -0.15) is 5.10 Å². The number of carbonyl (C=O) groups excluding carboxylic acids is 1. The van der Waals surface area contributed by atoms with Gasteiger partial charge in [0.25, 0.3) is 0 Å². The minimum atomic E-state index is -1.16. The lowest BCUT2D eigenvalue weighted by Crippen LogP contribution is -2.09. The van der Waals surface area contributed by atoms with Gasteiger partial charge in [-0.1, -0.05) is 6.07 Å². The van der Waals surface area contributed by atoms with E-state index in [1.807, 2.05) is 0 Å². The number of aromatic nitrogens is 5. The lowest BCUT2D eigenvalue weighted by molar-refractivity contribution is 0.0685. The number of aromatic carboxylic acids is 1. The monoisotopic (exact) mass is 339 g/mol. The molecule has 0 saturated carbocycles. The van der Waals surface area contributed by atoms with Crippen LogP contribution in [0.25, 0.3) is 5.76 Å². The number of carboxylic acid groups (broad SMARTS) is 1. The normalized spacial score (nSPS) is 11.4. The number of carboxylic acids is 1. The average molecular weight is 339 g/mol. The zero-order valence-corrected chi connectivity index (χ0v) is 12.8. The molecule has 0 spiro atoms. The number of ketones is 1. The van der Waals surface area contributed by atoms with Crippen LogP contribution in [0.5, 0.6) is 0 Å². The number of pyridine rings is 1. The zero-order chi connectivity index (χ0) is 17.8. The molecule has 9 nitrogen and oxygen atoms in total. The second-order valence-electron chi connectivity index (χ2n) is 5.10. The Hall–Kier alpha value is -3.75. The molecule has 126 valence electrons. The summed E-state index contributed by atoms with van der Waals surface area (Å²) in [5.41, 5.74) is 0.822. The number of nitrogens with one attached hydrogen (secondary N) is 1. The quantitative estimate of drug-likeness (QED) is 0.352. The van der Waals surface area contributed by atoms with Crippen molar-refractivity contribution in [1.29, 1.82) is 0 Å². The molecule has 3 rings (SSSR count). The van der Waals surface area contributed by atoms with Crippen LogP contribution >= 0.6 is 0 Å². The third-order valence-corrected chi connectivity index (χ3v) is 3.39. The Labute approximate surface area is 141 Å². The Morgan fingerprint density at radius 3 is 2.72 bits per heavy atom. The number of H-pyrrole nitrogens is 1. The van der Waals surface area contributed by atoms with E-state index in [0.29, 0.717) is 5.69 Å². The van der Waals surface area contributed by atoms with Crippen LogP contribution in [0.3, 0.4) is 0 Å². The first kappa shape index (κ1) is 16.1. The Morgan fingerprint density at radius 2 is 2.08 bits per heavy atom. The number of rotatable bonds is 6. The van der Waals surface area contributed by atoms with E-state index < -0.39 is 11.8 Å². The summed E-state index contributed by atoms with van der Waals surface area (Å²) in [7, 11) is 0. The number of carbonyl (C=O) groups is 2. The molecule has 0 amide bonds. The largest absolute Gasteiger partial charge is 0.507 e. The van der Waals surface area contributed by atoms with E-state index in [1.54, 1.807) is 24.4 Å². The molecule has 3 aromatic heterocycles. The van der Waals surface area contributed by atoms with Crippen molar-refractivity contribution in [3.8, 4) is 0 Å². The van der Waals surface area contributed by atoms with Crippen molar-refractivity contribution in [1.82, 2.24) is 24.7 Å². The van der Waals surface area contributed by atoms with Gasteiger partial charge >= 0.3 is 5.97 Å². The van der Waals surface area contributed by atoms with Crippen molar-refractivity contribution in [2.24, 2.45) is 0 Å². The van der Waals surface area contributed by atoms with Crippen LogP contribution in [-0.4, -0.2) is 46.7 Å². The van der Waals surface area contributed by atoms with E-state index in [2.05, 4.69) is 20.2 Å². The number of aromatic amines is 1. The highest BCUT2D eigenvalue weighted by Crippen LogP contribution is 2.18. The molecule has 0 bridgehead atoms. The van der Waals surface area contributed by atoms with Gasteiger partial charge in [0.15, 0.2) is 5.82 Å². The summed E-state index contributed by atoms with van der Waals surface area (Å²) in [6.07, 6.45) is 5.17. The fraction of sp³-hybridized carbons (Fsp3) is 0.0625. The molecule has 25 heavy (non-hydrogen) atoms. The van der Waals surface area contributed by atoms with E-state index in [0.717, 1.165) is 6.08 Å². The lowest BCUT2D eigenvalue weighted by atomic mass is 10.2. The standard InChI is InChI=1S/C16H13N5O4/c22-13(6-14(23)15-18-9-19-20-15)10-5-12(16(24)25)21(7-10)8-11-3-1-2-4-17-11/h1-7,9,22H,8H2,(H,24,25)(H,18,19,20). The van der Waals surface area contributed by atoms with Gasteiger partial charge in [-0.05, 0) is 18.2 Å². The SMILES string of the molecule is O=C(C=C(O)c1cc(C(=O)O)n(Cc2ccccn2)c1)c1ncn[nH]1. The predicted octanol–water partition coefficient (Wildman–Crippen LogP) is 1.53. The van der Waals surface area contributed by atoms with Crippen LogP contribution in [0, 0.1) is 0 Å². The van der Waals surface area contributed by atoms with E-state index >= 15 is 0 Å². The van der Waals surface area contributed by atoms with Crippen LogP contribution in [0.4, 0.5) is 0 Å². The van der Waals surface area contributed by atoms with E-state index in [9.17, 15) is 19.8 Å².